The second kappa shape index (κ2) is 7.46. The molecule has 0 aromatic carbocycles. The molecular weight excluding hydrogens is 316 g/mol. The predicted octanol–water partition coefficient (Wildman–Crippen LogP) is 1.76. The summed E-state index contributed by atoms with van der Waals surface area (Å²) in [5.41, 5.74) is 1.05. The van der Waals surface area contributed by atoms with Crippen molar-refractivity contribution in [2.24, 2.45) is 5.92 Å². The van der Waals surface area contributed by atoms with E-state index in [4.69, 9.17) is 4.74 Å². The van der Waals surface area contributed by atoms with E-state index in [0.717, 1.165) is 44.0 Å². The van der Waals surface area contributed by atoms with Crippen molar-refractivity contribution < 1.29 is 9.53 Å². The van der Waals surface area contributed by atoms with E-state index in [1.54, 1.807) is 0 Å². The van der Waals surface area contributed by atoms with Crippen LogP contribution in [0.25, 0.3) is 0 Å². The predicted molar refractivity (Wildman–Crippen MR) is 97.4 cm³/mol. The van der Waals surface area contributed by atoms with Crippen molar-refractivity contribution in [3.8, 4) is 0 Å². The van der Waals surface area contributed by atoms with Gasteiger partial charge in [-0.15, -0.1) is 0 Å². The maximum absolute atomic E-state index is 13.1. The summed E-state index contributed by atoms with van der Waals surface area (Å²) >= 11 is 0. The van der Waals surface area contributed by atoms with Crippen LogP contribution in [-0.2, 0) is 22.5 Å². The van der Waals surface area contributed by atoms with E-state index in [0.29, 0.717) is 0 Å². The van der Waals surface area contributed by atoms with Crippen molar-refractivity contribution in [2.75, 3.05) is 13.1 Å². The number of imidazole rings is 1. The molecule has 2 aliphatic heterocycles. The molecule has 140 valence electrons. The zero-order valence-corrected chi connectivity index (χ0v) is 16.2. The third-order valence-corrected chi connectivity index (χ3v) is 5.20. The zero-order chi connectivity index (χ0) is 18.1. The van der Waals surface area contributed by atoms with Crippen LogP contribution in [0.1, 0.15) is 45.6 Å². The molecular formula is C19H32N4O2. The number of aryl methyl sites for hydroxylation is 2. The molecule has 2 aliphatic rings. The summed E-state index contributed by atoms with van der Waals surface area (Å²) in [4.78, 5) is 19.9. The van der Waals surface area contributed by atoms with E-state index in [1.165, 1.54) is 0 Å². The van der Waals surface area contributed by atoms with Gasteiger partial charge >= 0.3 is 0 Å². The number of amides is 1. The zero-order valence-electron chi connectivity index (χ0n) is 16.2. The van der Waals surface area contributed by atoms with E-state index >= 15 is 0 Å². The highest BCUT2D eigenvalue weighted by atomic mass is 16.5. The number of nitrogens with zero attached hydrogens (tertiary/aromatic N) is 3. The summed E-state index contributed by atoms with van der Waals surface area (Å²) < 4.78 is 8.02. The SMILES string of the molecule is Cc1cn2c(n1)CC[C@H](NC(=O)[C@@H](C(C)C)N1C[C@@H](C)O[C@@H](C)C1)C2. The summed E-state index contributed by atoms with van der Waals surface area (Å²) in [5, 5.41) is 3.31. The number of carbonyl (C=O) groups excluding carboxylic acids is 1. The van der Waals surface area contributed by atoms with Gasteiger partial charge in [-0.05, 0) is 33.1 Å². The van der Waals surface area contributed by atoms with E-state index < -0.39 is 0 Å². The third kappa shape index (κ3) is 4.23. The Hall–Kier alpha value is -1.40. The first kappa shape index (κ1) is 18.4. The van der Waals surface area contributed by atoms with Crippen molar-refractivity contribution in [2.45, 2.75) is 78.3 Å². The van der Waals surface area contributed by atoms with Crippen molar-refractivity contribution >= 4 is 5.91 Å². The molecule has 0 unspecified atom stereocenters. The number of aromatic nitrogens is 2. The van der Waals surface area contributed by atoms with Crippen LogP contribution in [0.3, 0.4) is 0 Å². The largest absolute Gasteiger partial charge is 0.373 e. The van der Waals surface area contributed by atoms with Crippen LogP contribution in [0.2, 0.25) is 0 Å². The van der Waals surface area contributed by atoms with Gasteiger partial charge in [-0.1, -0.05) is 13.8 Å². The van der Waals surface area contributed by atoms with Gasteiger partial charge in [0.25, 0.3) is 0 Å². The van der Waals surface area contributed by atoms with Gasteiger partial charge in [0.1, 0.15) is 5.82 Å². The van der Waals surface area contributed by atoms with Crippen molar-refractivity contribution in [3.05, 3.63) is 17.7 Å². The molecule has 1 saturated heterocycles. The molecule has 0 bridgehead atoms. The first-order valence-electron chi connectivity index (χ1n) is 9.56. The Labute approximate surface area is 150 Å². The number of ether oxygens (including phenoxy) is 1. The number of nitrogens with one attached hydrogen (secondary N) is 1. The number of rotatable bonds is 4. The lowest BCUT2D eigenvalue weighted by atomic mass is 9.98. The second-order valence-corrected chi connectivity index (χ2v) is 8.10. The van der Waals surface area contributed by atoms with Crippen molar-refractivity contribution in [3.63, 3.8) is 0 Å². The van der Waals surface area contributed by atoms with E-state index in [-0.39, 0.29) is 36.1 Å². The van der Waals surface area contributed by atoms with Crippen LogP contribution in [0.5, 0.6) is 0 Å². The minimum atomic E-state index is -0.0975. The lowest BCUT2D eigenvalue weighted by Crippen LogP contribution is -2.58. The summed E-state index contributed by atoms with van der Waals surface area (Å²) in [5.74, 6) is 1.56. The Morgan fingerprint density at radius 1 is 1.28 bits per heavy atom. The molecule has 4 atom stereocenters. The number of fused-ring (bicyclic) bond motifs is 1. The normalized spacial score (nSPS) is 28.6. The fraction of sp³-hybridized carbons (Fsp3) is 0.789. The van der Waals surface area contributed by atoms with Gasteiger partial charge < -0.3 is 14.6 Å². The molecule has 0 spiro atoms. The highest BCUT2D eigenvalue weighted by Gasteiger charge is 2.35. The molecule has 3 rings (SSSR count). The fourth-order valence-corrected chi connectivity index (χ4v) is 4.33. The first-order valence-corrected chi connectivity index (χ1v) is 9.56. The number of carbonyl (C=O) groups is 1. The summed E-state index contributed by atoms with van der Waals surface area (Å²) in [6, 6.07) is 0.0884. The number of morpholine rings is 1. The minimum Gasteiger partial charge on any atom is -0.373 e. The molecule has 1 amide bonds. The molecule has 3 heterocycles. The van der Waals surface area contributed by atoms with Gasteiger partial charge in [0.15, 0.2) is 0 Å². The molecule has 1 aromatic rings. The molecule has 1 N–H and O–H groups in total. The smallest absolute Gasteiger partial charge is 0.237 e. The molecule has 6 heteroatoms. The molecule has 0 saturated carbocycles. The van der Waals surface area contributed by atoms with Crippen LogP contribution in [0, 0.1) is 12.8 Å². The third-order valence-electron chi connectivity index (χ3n) is 5.20. The first-order chi connectivity index (χ1) is 11.8. The highest BCUT2D eigenvalue weighted by Crippen LogP contribution is 2.20. The Bertz CT molecular complexity index is 603. The van der Waals surface area contributed by atoms with Gasteiger partial charge in [-0.2, -0.15) is 0 Å². The van der Waals surface area contributed by atoms with Gasteiger partial charge in [-0.3, -0.25) is 9.69 Å². The lowest BCUT2D eigenvalue weighted by molar-refractivity contribution is -0.136. The lowest BCUT2D eigenvalue weighted by Gasteiger charge is -2.41. The second-order valence-electron chi connectivity index (χ2n) is 8.10. The Balaban J connectivity index is 1.65. The van der Waals surface area contributed by atoms with E-state index in [1.807, 2.05) is 6.92 Å². The van der Waals surface area contributed by atoms with Crippen LogP contribution in [0.4, 0.5) is 0 Å². The van der Waals surface area contributed by atoms with Crippen LogP contribution < -0.4 is 5.32 Å². The molecule has 1 fully saturated rings. The summed E-state index contributed by atoms with van der Waals surface area (Å²) in [7, 11) is 0. The van der Waals surface area contributed by atoms with Crippen LogP contribution >= 0.6 is 0 Å². The van der Waals surface area contributed by atoms with Gasteiger partial charge in [-0.25, -0.2) is 4.98 Å². The Morgan fingerprint density at radius 2 is 1.96 bits per heavy atom. The average Bonchev–Trinajstić information content (AvgIpc) is 2.85. The molecule has 0 radical (unpaired) electrons. The molecule has 25 heavy (non-hydrogen) atoms. The van der Waals surface area contributed by atoms with Crippen LogP contribution in [0.15, 0.2) is 6.20 Å². The molecule has 6 nitrogen and oxygen atoms in total. The van der Waals surface area contributed by atoms with Gasteiger partial charge in [0, 0.05) is 38.3 Å². The van der Waals surface area contributed by atoms with E-state index in [2.05, 4.69) is 53.7 Å². The van der Waals surface area contributed by atoms with Crippen LogP contribution in [-0.4, -0.2) is 57.7 Å². The van der Waals surface area contributed by atoms with Crippen molar-refractivity contribution in [1.82, 2.24) is 19.8 Å². The topological polar surface area (TPSA) is 59.4 Å². The number of hydrogen-bond donors (Lipinski definition) is 1. The van der Waals surface area contributed by atoms with Gasteiger partial charge in [0.05, 0.1) is 23.9 Å². The molecule has 0 aliphatic carbocycles. The highest BCUT2D eigenvalue weighted by molar-refractivity contribution is 5.82. The number of hydrogen-bond acceptors (Lipinski definition) is 4. The summed E-state index contributed by atoms with van der Waals surface area (Å²) in [6.45, 7) is 12.9. The molecule has 1 aromatic heterocycles. The Kier molecular flexibility index (Phi) is 5.49. The maximum Gasteiger partial charge on any atom is 0.237 e. The van der Waals surface area contributed by atoms with Crippen molar-refractivity contribution in [1.29, 1.82) is 0 Å². The minimum absolute atomic E-state index is 0.0975. The summed E-state index contributed by atoms with van der Waals surface area (Å²) in [6.07, 6.45) is 4.31. The van der Waals surface area contributed by atoms with E-state index in [9.17, 15) is 4.79 Å². The quantitative estimate of drug-likeness (QED) is 0.901. The Morgan fingerprint density at radius 3 is 2.60 bits per heavy atom. The standard InChI is InChI=1S/C19H32N4O2/c1-12(2)18(23-9-14(4)25-15(5)10-23)19(24)21-16-6-7-17-20-13(3)8-22(17)11-16/h8,12,14-16,18H,6-7,9-11H2,1-5H3,(H,21,24)/t14-,15+,16-,18+/m0/s1. The monoisotopic (exact) mass is 348 g/mol. The van der Waals surface area contributed by atoms with Gasteiger partial charge in [0.2, 0.25) is 5.91 Å². The fourth-order valence-electron chi connectivity index (χ4n) is 4.33. The average molecular weight is 348 g/mol. The maximum atomic E-state index is 13.1.